The van der Waals surface area contributed by atoms with E-state index in [4.69, 9.17) is 4.74 Å². The summed E-state index contributed by atoms with van der Waals surface area (Å²) in [5, 5.41) is 3.10. The predicted molar refractivity (Wildman–Crippen MR) is 77.8 cm³/mol. The van der Waals surface area contributed by atoms with Gasteiger partial charge in [0.2, 0.25) is 0 Å². The van der Waals surface area contributed by atoms with Gasteiger partial charge in [0.25, 0.3) is 0 Å². The Morgan fingerprint density at radius 1 is 1.15 bits per heavy atom. The minimum absolute atomic E-state index is 0.316. The molecule has 1 unspecified atom stereocenters. The molecule has 20 heavy (non-hydrogen) atoms. The Morgan fingerprint density at radius 3 is 2.20 bits per heavy atom. The molecule has 0 spiro atoms. The fraction of sp³-hybridized carbons (Fsp3) is 0.625. The summed E-state index contributed by atoms with van der Waals surface area (Å²) in [7, 11) is 1.75. The molecule has 0 saturated heterocycles. The summed E-state index contributed by atoms with van der Waals surface area (Å²) in [6.07, 6.45) is 1.44. The van der Waals surface area contributed by atoms with Gasteiger partial charge in [-0.3, -0.25) is 0 Å². The van der Waals surface area contributed by atoms with Gasteiger partial charge in [-0.1, -0.05) is 26.0 Å². The first-order valence-electron chi connectivity index (χ1n) is 7.23. The molecule has 0 fully saturated rings. The Labute approximate surface area is 120 Å². The van der Waals surface area contributed by atoms with E-state index in [0.717, 1.165) is 12.8 Å². The van der Waals surface area contributed by atoms with Gasteiger partial charge in [-0.25, -0.2) is 8.78 Å². The summed E-state index contributed by atoms with van der Waals surface area (Å²) in [5.41, 5.74) is 0.107. The van der Waals surface area contributed by atoms with Crippen LogP contribution in [0.25, 0.3) is 0 Å². The lowest BCUT2D eigenvalue weighted by atomic mass is 9.83. The van der Waals surface area contributed by atoms with Gasteiger partial charge in [0.1, 0.15) is 0 Å². The molecule has 0 saturated carbocycles. The Kier molecular flexibility index (Phi) is 6.08. The largest absolute Gasteiger partial charge is 0.373 e. The second-order valence-corrected chi connectivity index (χ2v) is 5.03. The molecule has 1 aromatic rings. The number of hydrogen-bond donors (Lipinski definition) is 1. The van der Waals surface area contributed by atoms with Gasteiger partial charge in [0, 0.05) is 12.2 Å². The molecule has 0 bridgehead atoms. The van der Waals surface area contributed by atoms with Gasteiger partial charge in [-0.05, 0) is 39.3 Å². The summed E-state index contributed by atoms with van der Waals surface area (Å²) in [5.74, 6) is -1.56. The third-order valence-corrected chi connectivity index (χ3v) is 4.06. The molecule has 2 nitrogen and oxygen atoms in total. The van der Waals surface area contributed by atoms with Crippen LogP contribution in [-0.4, -0.2) is 19.3 Å². The smallest absolute Gasteiger partial charge is 0.163 e. The van der Waals surface area contributed by atoms with E-state index in [1.165, 1.54) is 0 Å². The highest BCUT2D eigenvalue weighted by atomic mass is 19.2. The molecule has 0 aliphatic rings. The predicted octanol–water partition coefficient (Wildman–Crippen LogP) is 4.13. The average Bonchev–Trinajstić information content (AvgIpc) is 2.46. The van der Waals surface area contributed by atoms with E-state index >= 15 is 0 Å². The van der Waals surface area contributed by atoms with Gasteiger partial charge < -0.3 is 10.1 Å². The van der Waals surface area contributed by atoms with Crippen molar-refractivity contribution in [2.75, 3.05) is 13.7 Å². The van der Waals surface area contributed by atoms with Crippen LogP contribution in [0.2, 0.25) is 0 Å². The first-order valence-corrected chi connectivity index (χ1v) is 7.23. The summed E-state index contributed by atoms with van der Waals surface area (Å²) < 4.78 is 34.0. The molecule has 0 aliphatic carbocycles. The lowest BCUT2D eigenvalue weighted by Crippen LogP contribution is -2.45. The third-order valence-electron chi connectivity index (χ3n) is 4.06. The zero-order chi connectivity index (χ0) is 15.3. The quantitative estimate of drug-likeness (QED) is 0.813. The molecule has 0 amide bonds. The van der Waals surface area contributed by atoms with Crippen LogP contribution in [0.15, 0.2) is 12.1 Å². The van der Waals surface area contributed by atoms with Crippen LogP contribution < -0.4 is 5.32 Å². The highest BCUT2D eigenvalue weighted by molar-refractivity contribution is 5.30. The first-order chi connectivity index (χ1) is 9.47. The molecule has 0 heterocycles. The zero-order valence-electron chi connectivity index (χ0n) is 13.0. The molecule has 0 radical (unpaired) electrons. The van der Waals surface area contributed by atoms with Crippen LogP contribution in [0.3, 0.4) is 0 Å². The van der Waals surface area contributed by atoms with Crippen molar-refractivity contribution in [1.82, 2.24) is 5.32 Å². The molecule has 0 aliphatic heterocycles. The maximum atomic E-state index is 14.3. The van der Waals surface area contributed by atoms with E-state index in [1.807, 2.05) is 20.8 Å². The fourth-order valence-corrected chi connectivity index (χ4v) is 2.82. The lowest BCUT2D eigenvalue weighted by Gasteiger charge is -2.39. The highest BCUT2D eigenvalue weighted by Crippen LogP contribution is 2.37. The molecular formula is C16H25F2NO. The summed E-state index contributed by atoms with van der Waals surface area (Å²) in [6.45, 7) is 8.03. The van der Waals surface area contributed by atoms with Crippen LogP contribution in [0.5, 0.6) is 0 Å². The minimum atomic E-state index is -0.782. The van der Waals surface area contributed by atoms with Crippen LogP contribution in [0, 0.1) is 18.6 Å². The number of hydrogen-bond acceptors (Lipinski definition) is 2. The van der Waals surface area contributed by atoms with Crippen molar-refractivity contribution >= 4 is 0 Å². The first kappa shape index (κ1) is 17.1. The van der Waals surface area contributed by atoms with Crippen LogP contribution >= 0.6 is 0 Å². The number of rotatable bonds is 7. The number of ether oxygens (including phenoxy) is 1. The SMILES string of the molecule is CCOC(CC)(CC)C(NC)c1ccc(C)c(F)c1F. The van der Waals surface area contributed by atoms with E-state index in [0.29, 0.717) is 17.7 Å². The number of benzene rings is 1. The number of likely N-dealkylation sites (N-methyl/N-ethyl adjacent to an activating group) is 1. The topological polar surface area (TPSA) is 21.3 Å². The van der Waals surface area contributed by atoms with Crippen molar-refractivity contribution in [3.8, 4) is 0 Å². The fourth-order valence-electron chi connectivity index (χ4n) is 2.82. The van der Waals surface area contributed by atoms with Gasteiger partial charge >= 0.3 is 0 Å². The number of nitrogens with one attached hydrogen (secondary N) is 1. The van der Waals surface area contributed by atoms with Crippen LogP contribution in [-0.2, 0) is 4.74 Å². The molecule has 1 atom stereocenters. The maximum Gasteiger partial charge on any atom is 0.163 e. The molecule has 114 valence electrons. The van der Waals surface area contributed by atoms with E-state index in [9.17, 15) is 8.78 Å². The van der Waals surface area contributed by atoms with E-state index in [1.54, 1.807) is 26.1 Å². The molecule has 4 heteroatoms. The van der Waals surface area contributed by atoms with Crippen molar-refractivity contribution < 1.29 is 13.5 Å². The minimum Gasteiger partial charge on any atom is -0.373 e. The number of halogens is 2. The Balaban J connectivity index is 3.34. The second kappa shape index (κ2) is 7.14. The van der Waals surface area contributed by atoms with E-state index < -0.39 is 17.2 Å². The normalized spacial score (nSPS) is 13.6. The summed E-state index contributed by atoms with van der Waals surface area (Å²) in [4.78, 5) is 0. The molecule has 0 aromatic heterocycles. The summed E-state index contributed by atoms with van der Waals surface area (Å²) in [6, 6.07) is 2.88. The van der Waals surface area contributed by atoms with Crippen molar-refractivity contribution in [3.63, 3.8) is 0 Å². The van der Waals surface area contributed by atoms with Crippen LogP contribution in [0.1, 0.15) is 50.8 Å². The molecular weight excluding hydrogens is 260 g/mol. The van der Waals surface area contributed by atoms with Gasteiger partial charge in [-0.2, -0.15) is 0 Å². The summed E-state index contributed by atoms with van der Waals surface area (Å²) >= 11 is 0. The molecule has 1 aromatic carbocycles. The van der Waals surface area contributed by atoms with Crippen LogP contribution in [0.4, 0.5) is 8.78 Å². The van der Waals surface area contributed by atoms with Crippen molar-refractivity contribution in [1.29, 1.82) is 0 Å². The lowest BCUT2D eigenvalue weighted by molar-refractivity contribution is -0.0725. The van der Waals surface area contributed by atoms with Gasteiger partial charge in [0.05, 0.1) is 11.6 Å². The average molecular weight is 285 g/mol. The highest BCUT2D eigenvalue weighted by Gasteiger charge is 2.38. The van der Waals surface area contributed by atoms with Gasteiger partial charge in [0.15, 0.2) is 11.6 Å². The molecule has 1 N–H and O–H groups in total. The monoisotopic (exact) mass is 285 g/mol. The second-order valence-electron chi connectivity index (χ2n) is 5.03. The Morgan fingerprint density at radius 2 is 1.75 bits per heavy atom. The van der Waals surface area contributed by atoms with Crippen molar-refractivity contribution in [2.45, 2.75) is 52.2 Å². The number of aryl methyl sites for hydroxylation is 1. The standard InChI is InChI=1S/C16H25F2NO/c1-6-16(7-2,20-8-3)15(19-5)12-10-9-11(4)13(17)14(12)18/h9-10,15,19H,6-8H2,1-5H3. The van der Waals surface area contributed by atoms with E-state index in [-0.39, 0.29) is 6.04 Å². The van der Waals surface area contributed by atoms with Gasteiger partial charge in [-0.15, -0.1) is 0 Å². The molecule has 1 rings (SSSR count). The third kappa shape index (κ3) is 3.01. The van der Waals surface area contributed by atoms with Crippen molar-refractivity contribution in [2.24, 2.45) is 0 Å². The van der Waals surface area contributed by atoms with Crippen molar-refractivity contribution in [3.05, 3.63) is 34.9 Å². The maximum absolute atomic E-state index is 14.3. The Hall–Kier alpha value is -1.00. The zero-order valence-corrected chi connectivity index (χ0v) is 13.0. The Bertz CT molecular complexity index is 444. The van der Waals surface area contributed by atoms with E-state index in [2.05, 4.69) is 5.32 Å².